The molecule has 18 heavy (non-hydrogen) atoms. The topological polar surface area (TPSA) is 39.9 Å². The Balaban J connectivity index is 2.15. The quantitative estimate of drug-likeness (QED) is 0.784. The first-order valence-electron chi connectivity index (χ1n) is 5.59. The summed E-state index contributed by atoms with van der Waals surface area (Å²) >= 11 is 5.74. The molecule has 0 atom stereocenters. The van der Waals surface area contributed by atoms with E-state index in [1.807, 2.05) is 6.92 Å². The van der Waals surface area contributed by atoms with E-state index in [-0.39, 0.29) is 18.2 Å². The molecule has 1 heterocycles. The molecule has 4 nitrogen and oxygen atoms in total. The second-order valence-electron chi connectivity index (χ2n) is 3.64. The third-order valence-corrected chi connectivity index (χ3v) is 2.82. The molecule has 0 N–H and O–H groups in total. The van der Waals surface area contributed by atoms with Gasteiger partial charge in [-0.15, -0.1) is 11.6 Å². The summed E-state index contributed by atoms with van der Waals surface area (Å²) in [7, 11) is 0. The number of hydrogen-bond donors (Lipinski definition) is 0. The van der Waals surface area contributed by atoms with Crippen LogP contribution < -0.4 is 4.74 Å². The van der Waals surface area contributed by atoms with Gasteiger partial charge in [0.25, 0.3) is 0 Å². The molecule has 1 aromatic carbocycles. The fourth-order valence-corrected chi connectivity index (χ4v) is 1.83. The zero-order valence-corrected chi connectivity index (χ0v) is 10.7. The normalized spacial score (nSPS) is 10.6. The first-order chi connectivity index (χ1) is 8.76. The highest BCUT2D eigenvalue weighted by Gasteiger charge is 2.11. The van der Waals surface area contributed by atoms with E-state index in [1.165, 1.54) is 12.4 Å². The lowest BCUT2D eigenvalue weighted by Gasteiger charge is -2.10. The van der Waals surface area contributed by atoms with Gasteiger partial charge in [-0.05, 0) is 13.0 Å². The molecule has 0 aliphatic rings. The van der Waals surface area contributed by atoms with E-state index >= 15 is 0 Å². The van der Waals surface area contributed by atoms with Crippen LogP contribution in [0, 0.1) is 5.82 Å². The fourth-order valence-electron chi connectivity index (χ4n) is 1.62. The SMILES string of the molecule is CCn1ncnc1COc1c(F)cccc1CCl. The lowest BCUT2D eigenvalue weighted by molar-refractivity contribution is 0.271. The van der Waals surface area contributed by atoms with Crippen LogP contribution in [-0.4, -0.2) is 14.8 Å². The Morgan fingerprint density at radius 1 is 1.44 bits per heavy atom. The Hall–Kier alpha value is -1.62. The summed E-state index contributed by atoms with van der Waals surface area (Å²) in [6.45, 7) is 2.81. The van der Waals surface area contributed by atoms with E-state index in [1.54, 1.807) is 16.8 Å². The zero-order valence-electron chi connectivity index (χ0n) is 9.94. The highest BCUT2D eigenvalue weighted by molar-refractivity contribution is 6.17. The zero-order chi connectivity index (χ0) is 13.0. The summed E-state index contributed by atoms with van der Waals surface area (Å²) in [6, 6.07) is 4.68. The van der Waals surface area contributed by atoms with Crippen LogP contribution in [0.15, 0.2) is 24.5 Å². The van der Waals surface area contributed by atoms with Crippen LogP contribution >= 0.6 is 11.6 Å². The predicted octanol–water partition coefficient (Wildman–Crippen LogP) is 2.75. The number of para-hydroxylation sites is 1. The van der Waals surface area contributed by atoms with Gasteiger partial charge in [0.15, 0.2) is 17.4 Å². The lowest BCUT2D eigenvalue weighted by atomic mass is 10.2. The Kier molecular flexibility index (Phi) is 4.15. The molecule has 0 amide bonds. The number of alkyl halides is 1. The summed E-state index contributed by atoms with van der Waals surface area (Å²) in [5.74, 6) is 0.614. The number of aryl methyl sites for hydroxylation is 1. The first kappa shape index (κ1) is 12.8. The molecule has 0 spiro atoms. The van der Waals surface area contributed by atoms with Crippen molar-refractivity contribution in [3.8, 4) is 5.75 Å². The molecule has 0 radical (unpaired) electrons. The van der Waals surface area contributed by atoms with Crippen molar-refractivity contribution >= 4 is 11.6 Å². The number of ether oxygens (including phenoxy) is 1. The van der Waals surface area contributed by atoms with E-state index in [4.69, 9.17) is 16.3 Å². The fraction of sp³-hybridized carbons (Fsp3) is 0.333. The monoisotopic (exact) mass is 269 g/mol. The van der Waals surface area contributed by atoms with Crippen molar-refractivity contribution in [1.82, 2.24) is 14.8 Å². The van der Waals surface area contributed by atoms with Gasteiger partial charge in [-0.1, -0.05) is 12.1 Å². The first-order valence-corrected chi connectivity index (χ1v) is 6.12. The lowest BCUT2D eigenvalue weighted by Crippen LogP contribution is -2.08. The molecule has 2 rings (SSSR count). The van der Waals surface area contributed by atoms with Gasteiger partial charge in [0.1, 0.15) is 12.9 Å². The van der Waals surface area contributed by atoms with Crippen LogP contribution in [0.25, 0.3) is 0 Å². The van der Waals surface area contributed by atoms with Crippen LogP contribution in [0.2, 0.25) is 0 Å². The van der Waals surface area contributed by atoms with Gasteiger partial charge in [-0.25, -0.2) is 14.1 Å². The third kappa shape index (κ3) is 2.61. The Morgan fingerprint density at radius 3 is 3.00 bits per heavy atom. The van der Waals surface area contributed by atoms with Crippen molar-refractivity contribution in [1.29, 1.82) is 0 Å². The van der Waals surface area contributed by atoms with E-state index in [2.05, 4.69) is 10.1 Å². The number of halogens is 2. The van der Waals surface area contributed by atoms with Crippen molar-refractivity contribution in [3.05, 3.63) is 41.7 Å². The average molecular weight is 270 g/mol. The van der Waals surface area contributed by atoms with Crippen molar-refractivity contribution < 1.29 is 9.13 Å². The predicted molar refractivity (Wildman–Crippen MR) is 66.0 cm³/mol. The van der Waals surface area contributed by atoms with E-state index in [9.17, 15) is 4.39 Å². The van der Waals surface area contributed by atoms with Crippen LogP contribution in [0.4, 0.5) is 4.39 Å². The number of aromatic nitrogens is 3. The Bertz CT molecular complexity index is 530. The molecule has 0 fully saturated rings. The van der Waals surface area contributed by atoms with E-state index in [0.29, 0.717) is 17.9 Å². The molecule has 0 unspecified atom stereocenters. The maximum Gasteiger partial charge on any atom is 0.165 e. The highest BCUT2D eigenvalue weighted by Crippen LogP contribution is 2.24. The average Bonchev–Trinajstić information content (AvgIpc) is 2.84. The van der Waals surface area contributed by atoms with Gasteiger partial charge in [0.2, 0.25) is 0 Å². The molecular formula is C12H13ClFN3O. The standard InChI is InChI=1S/C12H13ClFN3O/c1-2-17-11(15-8-16-17)7-18-12-9(6-13)4-3-5-10(12)14/h3-5,8H,2,6-7H2,1H3. The van der Waals surface area contributed by atoms with Crippen molar-refractivity contribution in [2.75, 3.05) is 0 Å². The molecule has 0 bridgehead atoms. The molecule has 96 valence electrons. The molecule has 2 aromatic rings. The number of hydrogen-bond acceptors (Lipinski definition) is 3. The summed E-state index contributed by atoms with van der Waals surface area (Å²) < 4.78 is 20.8. The molecule has 0 aliphatic heterocycles. The number of nitrogens with zero attached hydrogens (tertiary/aromatic N) is 3. The van der Waals surface area contributed by atoms with Crippen LogP contribution in [0.3, 0.4) is 0 Å². The summed E-state index contributed by atoms with van der Waals surface area (Å²) in [5, 5.41) is 4.02. The third-order valence-electron chi connectivity index (χ3n) is 2.53. The van der Waals surface area contributed by atoms with Crippen LogP contribution in [-0.2, 0) is 19.0 Å². The Morgan fingerprint density at radius 2 is 2.28 bits per heavy atom. The Labute approximate surface area is 109 Å². The maximum atomic E-state index is 13.6. The van der Waals surface area contributed by atoms with Gasteiger partial charge >= 0.3 is 0 Å². The molecule has 6 heteroatoms. The highest BCUT2D eigenvalue weighted by atomic mass is 35.5. The number of benzene rings is 1. The minimum Gasteiger partial charge on any atom is -0.482 e. The van der Waals surface area contributed by atoms with Crippen molar-refractivity contribution in [3.63, 3.8) is 0 Å². The van der Waals surface area contributed by atoms with Gasteiger partial charge in [0.05, 0.1) is 5.88 Å². The molecule has 0 saturated carbocycles. The molecule has 0 saturated heterocycles. The second kappa shape index (κ2) is 5.82. The van der Waals surface area contributed by atoms with Gasteiger partial charge in [-0.3, -0.25) is 0 Å². The molecule has 1 aromatic heterocycles. The van der Waals surface area contributed by atoms with E-state index < -0.39 is 5.82 Å². The van der Waals surface area contributed by atoms with Crippen molar-refractivity contribution in [2.45, 2.75) is 26.0 Å². The minimum atomic E-state index is -0.421. The maximum absolute atomic E-state index is 13.6. The smallest absolute Gasteiger partial charge is 0.165 e. The molecule has 0 aliphatic carbocycles. The number of rotatable bonds is 5. The summed E-state index contributed by atoms with van der Waals surface area (Å²) in [5.41, 5.74) is 0.624. The molecular weight excluding hydrogens is 257 g/mol. The second-order valence-corrected chi connectivity index (χ2v) is 3.91. The van der Waals surface area contributed by atoms with Crippen molar-refractivity contribution in [2.24, 2.45) is 0 Å². The van der Waals surface area contributed by atoms with Crippen LogP contribution in [0.1, 0.15) is 18.3 Å². The van der Waals surface area contributed by atoms with Gasteiger partial charge < -0.3 is 4.74 Å². The van der Waals surface area contributed by atoms with E-state index in [0.717, 1.165) is 0 Å². The largest absolute Gasteiger partial charge is 0.482 e. The van der Waals surface area contributed by atoms with Crippen LogP contribution in [0.5, 0.6) is 5.75 Å². The van der Waals surface area contributed by atoms with Gasteiger partial charge in [0, 0.05) is 12.1 Å². The summed E-state index contributed by atoms with van der Waals surface area (Å²) in [4.78, 5) is 4.06. The van der Waals surface area contributed by atoms with Gasteiger partial charge in [-0.2, -0.15) is 5.10 Å². The summed E-state index contributed by atoms with van der Waals surface area (Å²) in [6.07, 6.45) is 1.45. The minimum absolute atomic E-state index is 0.165.